The maximum absolute atomic E-state index is 11.5. The largest absolute Gasteiger partial charge is 0.444 e. The van der Waals surface area contributed by atoms with Crippen molar-refractivity contribution in [1.82, 2.24) is 5.32 Å². The van der Waals surface area contributed by atoms with E-state index >= 15 is 0 Å². The van der Waals surface area contributed by atoms with Crippen LogP contribution < -0.4 is 10.6 Å². The third-order valence-electron chi connectivity index (χ3n) is 2.75. The van der Waals surface area contributed by atoms with Crippen LogP contribution in [0.1, 0.15) is 33.6 Å². The smallest absolute Gasteiger partial charge is 0.407 e. The summed E-state index contributed by atoms with van der Waals surface area (Å²) in [6.45, 7) is 5.61. The van der Waals surface area contributed by atoms with E-state index in [4.69, 9.17) is 4.74 Å². The van der Waals surface area contributed by atoms with Crippen LogP contribution in [0.2, 0.25) is 0 Å². The minimum atomic E-state index is -0.428. The average molecular weight is 268 g/mol. The van der Waals surface area contributed by atoms with Gasteiger partial charge in [-0.15, -0.1) is 0 Å². The molecule has 0 aliphatic heterocycles. The van der Waals surface area contributed by atoms with Crippen LogP contribution in [0.3, 0.4) is 0 Å². The van der Waals surface area contributed by atoms with Crippen LogP contribution in [0.4, 0.5) is 10.5 Å². The molecule has 0 spiro atoms. The topological polar surface area (TPSA) is 50.4 Å². The molecule has 1 aliphatic rings. The zero-order chi connectivity index (χ0) is 13.2. The maximum Gasteiger partial charge on any atom is 0.407 e. The Labute approximate surface area is 112 Å². The summed E-state index contributed by atoms with van der Waals surface area (Å²) in [6.07, 6.45) is 1.59. The van der Waals surface area contributed by atoms with E-state index in [0.29, 0.717) is 6.04 Å². The molecule has 1 aromatic heterocycles. The molecule has 0 saturated heterocycles. The molecule has 1 aromatic rings. The lowest BCUT2D eigenvalue weighted by Gasteiger charge is -2.36. The summed E-state index contributed by atoms with van der Waals surface area (Å²) in [5, 5.41) is 10.5. The van der Waals surface area contributed by atoms with Gasteiger partial charge in [-0.3, -0.25) is 0 Å². The molecule has 0 radical (unpaired) electrons. The van der Waals surface area contributed by atoms with Crippen molar-refractivity contribution >= 4 is 23.1 Å². The summed E-state index contributed by atoms with van der Waals surface area (Å²) >= 11 is 1.68. The number of thiophene rings is 1. The average Bonchev–Trinajstić information content (AvgIpc) is 2.63. The van der Waals surface area contributed by atoms with E-state index in [1.54, 1.807) is 11.3 Å². The van der Waals surface area contributed by atoms with E-state index in [0.717, 1.165) is 12.8 Å². The Balaban J connectivity index is 1.66. The third kappa shape index (κ3) is 3.91. The summed E-state index contributed by atoms with van der Waals surface area (Å²) in [5.74, 6) is 0. The van der Waals surface area contributed by atoms with Gasteiger partial charge >= 0.3 is 6.09 Å². The Kier molecular flexibility index (Phi) is 3.80. The second-order valence-electron chi connectivity index (χ2n) is 5.67. The van der Waals surface area contributed by atoms with Crippen LogP contribution in [-0.4, -0.2) is 23.8 Å². The van der Waals surface area contributed by atoms with Crippen LogP contribution in [-0.2, 0) is 4.74 Å². The van der Waals surface area contributed by atoms with E-state index in [9.17, 15) is 4.79 Å². The highest BCUT2D eigenvalue weighted by Gasteiger charge is 2.31. The van der Waals surface area contributed by atoms with Gasteiger partial charge < -0.3 is 15.4 Å². The predicted octanol–water partition coefficient (Wildman–Crippen LogP) is 3.22. The van der Waals surface area contributed by atoms with Crippen LogP contribution in [0.25, 0.3) is 0 Å². The van der Waals surface area contributed by atoms with Crippen molar-refractivity contribution in [2.45, 2.75) is 51.3 Å². The molecule has 0 atom stereocenters. The van der Waals surface area contributed by atoms with Gasteiger partial charge in [-0.1, -0.05) is 0 Å². The Morgan fingerprint density at radius 3 is 2.67 bits per heavy atom. The lowest BCUT2D eigenvalue weighted by molar-refractivity contribution is 0.0475. The Morgan fingerprint density at radius 2 is 2.11 bits per heavy atom. The van der Waals surface area contributed by atoms with Gasteiger partial charge in [0.05, 0.1) is 0 Å². The summed E-state index contributed by atoms with van der Waals surface area (Å²) in [4.78, 5) is 11.5. The zero-order valence-corrected chi connectivity index (χ0v) is 11.8. The third-order valence-corrected chi connectivity index (χ3v) is 3.43. The lowest BCUT2D eigenvalue weighted by Crippen LogP contribution is -2.50. The van der Waals surface area contributed by atoms with Crippen molar-refractivity contribution < 1.29 is 9.53 Å². The molecule has 5 heteroatoms. The first-order valence-corrected chi connectivity index (χ1v) is 7.15. The maximum atomic E-state index is 11.5. The standard InChI is InChI=1S/C13H20N2O2S/c1-13(2,3)17-12(16)15-11-6-10(7-11)14-9-4-5-18-8-9/h4-5,8,10-11,14H,6-7H2,1-3H3,(H,15,16). The number of ether oxygens (including phenoxy) is 1. The second kappa shape index (κ2) is 5.18. The molecule has 0 aromatic carbocycles. The number of rotatable bonds is 3. The predicted molar refractivity (Wildman–Crippen MR) is 74.1 cm³/mol. The Hall–Kier alpha value is -1.23. The normalized spacial score (nSPS) is 23.1. The quantitative estimate of drug-likeness (QED) is 0.885. The van der Waals surface area contributed by atoms with Gasteiger partial charge in [0.15, 0.2) is 0 Å². The highest BCUT2D eigenvalue weighted by Crippen LogP contribution is 2.25. The van der Waals surface area contributed by atoms with Crippen molar-refractivity contribution in [2.24, 2.45) is 0 Å². The highest BCUT2D eigenvalue weighted by molar-refractivity contribution is 7.08. The number of carbonyl (C=O) groups excluding carboxylic acids is 1. The summed E-state index contributed by atoms with van der Waals surface area (Å²) in [7, 11) is 0. The lowest BCUT2D eigenvalue weighted by atomic mass is 9.87. The molecule has 18 heavy (non-hydrogen) atoms. The molecule has 100 valence electrons. The molecule has 4 nitrogen and oxygen atoms in total. The number of amides is 1. The fraction of sp³-hybridized carbons (Fsp3) is 0.615. The fourth-order valence-electron chi connectivity index (χ4n) is 1.91. The van der Waals surface area contributed by atoms with E-state index in [1.165, 1.54) is 5.69 Å². The molecule has 2 rings (SSSR count). The van der Waals surface area contributed by atoms with Crippen molar-refractivity contribution in [1.29, 1.82) is 0 Å². The molecule has 1 fully saturated rings. The van der Waals surface area contributed by atoms with Gasteiger partial charge in [0.2, 0.25) is 0 Å². The van der Waals surface area contributed by atoms with Crippen LogP contribution >= 0.6 is 11.3 Å². The minimum absolute atomic E-state index is 0.232. The molecule has 1 heterocycles. The van der Waals surface area contributed by atoms with Gasteiger partial charge in [0, 0.05) is 23.2 Å². The van der Waals surface area contributed by atoms with Crippen LogP contribution in [0.15, 0.2) is 16.8 Å². The summed E-state index contributed by atoms with van der Waals surface area (Å²) < 4.78 is 5.22. The second-order valence-corrected chi connectivity index (χ2v) is 6.45. The molecule has 1 amide bonds. The number of alkyl carbamates (subject to hydrolysis) is 1. The fourth-order valence-corrected chi connectivity index (χ4v) is 2.51. The first-order valence-electron chi connectivity index (χ1n) is 6.20. The Bertz CT molecular complexity index is 392. The molecule has 0 bridgehead atoms. The number of hydrogen-bond acceptors (Lipinski definition) is 4. The van der Waals surface area contributed by atoms with Crippen LogP contribution in [0, 0.1) is 0 Å². The number of carbonyl (C=O) groups is 1. The molecule has 1 aliphatic carbocycles. The van der Waals surface area contributed by atoms with Gasteiger partial charge in [-0.05, 0) is 45.1 Å². The first-order chi connectivity index (χ1) is 8.42. The zero-order valence-electron chi connectivity index (χ0n) is 11.0. The summed E-state index contributed by atoms with van der Waals surface area (Å²) in [6, 6.07) is 2.76. The molecule has 0 unspecified atom stereocenters. The number of anilines is 1. The van der Waals surface area contributed by atoms with Crippen molar-refractivity contribution in [3.05, 3.63) is 16.8 Å². The van der Waals surface area contributed by atoms with Crippen molar-refractivity contribution in [2.75, 3.05) is 5.32 Å². The van der Waals surface area contributed by atoms with E-state index in [2.05, 4.69) is 27.5 Å². The van der Waals surface area contributed by atoms with Gasteiger partial charge in [0.25, 0.3) is 0 Å². The summed E-state index contributed by atoms with van der Waals surface area (Å²) in [5.41, 5.74) is 0.739. The Morgan fingerprint density at radius 1 is 1.39 bits per heavy atom. The monoisotopic (exact) mass is 268 g/mol. The van der Waals surface area contributed by atoms with Gasteiger partial charge in [-0.25, -0.2) is 4.79 Å². The highest BCUT2D eigenvalue weighted by atomic mass is 32.1. The first kappa shape index (κ1) is 13.2. The molecule has 1 saturated carbocycles. The van der Waals surface area contributed by atoms with E-state index in [1.807, 2.05) is 20.8 Å². The van der Waals surface area contributed by atoms with Crippen molar-refractivity contribution in [3.8, 4) is 0 Å². The van der Waals surface area contributed by atoms with Crippen molar-refractivity contribution in [3.63, 3.8) is 0 Å². The van der Waals surface area contributed by atoms with Crippen LogP contribution in [0.5, 0.6) is 0 Å². The SMILES string of the molecule is CC(C)(C)OC(=O)NC1CC(Nc2ccsc2)C1. The minimum Gasteiger partial charge on any atom is -0.444 e. The molecule has 2 N–H and O–H groups in total. The number of hydrogen-bond donors (Lipinski definition) is 2. The van der Waals surface area contributed by atoms with Gasteiger partial charge in [0.1, 0.15) is 5.60 Å². The molecular weight excluding hydrogens is 248 g/mol. The number of nitrogens with one attached hydrogen (secondary N) is 2. The van der Waals surface area contributed by atoms with E-state index < -0.39 is 5.60 Å². The molecular formula is C13H20N2O2S. The van der Waals surface area contributed by atoms with Gasteiger partial charge in [-0.2, -0.15) is 11.3 Å². The van der Waals surface area contributed by atoms with E-state index in [-0.39, 0.29) is 12.1 Å².